The number of carbonyl (C=O) groups is 1. The maximum Gasteiger partial charge on any atom is 0.245 e. The Morgan fingerprint density at radius 3 is 2.78 bits per heavy atom. The Balaban J connectivity index is 1.28. The Morgan fingerprint density at radius 2 is 1.97 bits per heavy atom. The van der Waals surface area contributed by atoms with Crippen molar-refractivity contribution in [1.29, 1.82) is 0 Å². The van der Waals surface area contributed by atoms with Crippen LogP contribution in [-0.2, 0) is 4.79 Å². The van der Waals surface area contributed by atoms with Crippen molar-refractivity contribution in [1.82, 2.24) is 29.5 Å². The Hall–Kier alpha value is -3.14. The molecule has 0 aromatic carbocycles. The summed E-state index contributed by atoms with van der Waals surface area (Å²) in [6, 6.07) is 5.94. The molecule has 3 aromatic heterocycles. The Morgan fingerprint density at radius 1 is 1.12 bits per heavy atom. The van der Waals surface area contributed by atoms with Crippen LogP contribution in [0.1, 0.15) is 50.1 Å². The molecule has 168 valence electrons. The number of carbonyl (C=O) groups excluding carboxylic acids is 1. The van der Waals surface area contributed by atoms with Gasteiger partial charge in [-0.15, -0.1) is 0 Å². The van der Waals surface area contributed by atoms with Crippen molar-refractivity contribution in [2.24, 2.45) is 5.73 Å². The van der Waals surface area contributed by atoms with E-state index in [4.69, 9.17) is 15.7 Å². The van der Waals surface area contributed by atoms with Gasteiger partial charge in [-0.3, -0.25) is 14.3 Å². The van der Waals surface area contributed by atoms with Gasteiger partial charge in [-0.25, -0.2) is 0 Å². The van der Waals surface area contributed by atoms with Crippen molar-refractivity contribution in [3.8, 4) is 0 Å². The number of nitrogens with zero attached hydrogens (tertiary/aromatic N) is 6. The third-order valence-electron chi connectivity index (χ3n) is 6.88. The monoisotopic (exact) mass is 435 g/mol. The van der Waals surface area contributed by atoms with Crippen LogP contribution in [0.2, 0.25) is 0 Å². The molecular formula is C22H29N9O. The van der Waals surface area contributed by atoms with Crippen molar-refractivity contribution in [3.63, 3.8) is 0 Å². The standard InChI is InChI=1S/C22H29N9O/c23-15-7-11-29(12-8-15)20(32)17-3-1-9-30(17)22-25-19-4-2-10-31(19)21(26-22)24-18-13-16(27-28-18)14-5-6-14/h2,4,10,13-15,17H,1,3,5-9,11-12,23H2,(H2,24,25,26,27,28). The molecule has 5 heterocycles. The van der Waals surface area contributed by atoms with Crippen LogP contribution >= 0.6 is 0 Å². The molecule has 1 unspecified atom stereocenters. The molecular weight excluding hydrogens is 406 g/mol. The number of nitrogens with two attached hydrogens (primary N) is 1. The fourth-order valence-corrected chi connectivity index (χ4v) is 4.85. The minimum atomic E-state index is -0.221. The van der Waals surface area contributed by atoms with E-state index in [1.807, 2.05) is 27.6 Å². The summed E-state index contributed by atoms with van der Waals surface area (Å²) in [4.78, 5) is 26.9. The van der Waals surface area contributed by atoms with Crippen LogP contribution in [0.3, 0.4) is 0 Å². The first-order valence-corrected chi connectivity index (χ1v) is 11.6. The second-order valence-corrected chi connectivity index (χ2v) is 9.21. The molecule has 32 heavy (non-hydrogen) atoms. The number of amides is 1. The summed E-state index contributed by atoms with van der Waals surface area (Å²) in [5.74, 6) is 2.74. The quantitative estimate of drug-likeness (QED) is 0.560. The topological polar surface area (TPSA) is 120 Å². The molecule has 10 heteroatoms. The van der Waals surface area contributed by atoms with E-state index in [2.05, 4.69) is 26.5 Å². The van der Waals surface area contributed by atoms with Crippen LogP contribution in [-0.4, -0.2) is 67.1 Å². The number of anilines is 3. The Bertz CT molecular complexity index is 1130. The zero-order chi connectivity index (χ0) is 21.7. The number of H-pyrrole nitrogens is 1. The molecule has 1 aliphatic carbocycles. The number of hydrogen-bond donors (Lipinski definition) is 3. The van der Waals surface area contributed by atoms with E-state index in [1.54, 1.807) is 0 Å². The molecule has 1 saturated carbocycles. The van der Waals surface area contributed by atoms with Crippen molar-refractivity contribution in [3.05, 3.63) is 30.1 Å². The van der Waals surface area contributed by atoms with Gasteiger partial charge in [0, 0.05) is 49.6 Å². The van der Waals surface area contributed by atoms with Crippen LogP contribution in [0.4, 0.5) is 17.7 Å². The average Bonchev–Trinajstić information content (AvgIpc) is 3.20. The SMILES string of the molecule is NC1CCN(C(=O)C2CCCN2c2nc(Nc3cc(C4CC4)[nH]n3)n3cccc3n2)CC1. The average molecular weight is 436 g/mol. The molecule has 2 aliphatic heterocycles. The van der Waals surface area contributed by atoms with Crippen molar-refractivity contribution < 1.29 is 4.79 Å². The molecule has 0 bridgehead atoms. The summed E-state index contributed by atoms with van der Waals surface area (Å²) in [5, 5.41) is 10.9. The fraction of sp³-hybridized carbons (Fsp3) is 0.545. The highest BCUT2D eigenvalue weighted by Crippen LogP contribution is 2.39. The molecule has 0 spiro atoms. The highest BCUT2D eigenvalue weighted by Gasteiger charge is 2.36. The first kappa shape index (κ1) is 19.5. The summed E-state index contributed by atoms with van der Waals surface area (Å²) in [6.45, 7) is 2.24. The van der Waals surface area contributed by atoms with Gasteiger partial charge in [0.05, 0.1) is 0 Å². The molecule has 2 saturated heterocycles. The minimum Gasteiger partial charge on any atom is -0.341 e. The van der Waals surface area contributed by atoms with E-state index in [0.29, 0.717) is 17.8 Å². The maximum absolute atomic E-state index is 13.3. The molecule has 4 N–H and O–H groups in total. The number of likely N-dealkylation sites (tertiary alicyclic amines) is 1. The largest absolute Gasteiger partial charge is 0.341 e. The Labute approximate surface area is 186 Å². The van der Waals surface area contributed by atoms with Crippen molar-refractivity contribution in [2.75, 3.05) is 29.9 Å². The molecule has 10 nitrogen and oxygen atoms in total. The summed E-state index contributed by atoms with van der Waals surface area (Å²) in [6.07, 6.45) is 7.87. The zero-order valence-electron chi connectivity index (χ0n) is 18.1. The Kier molecular flexibility index (Phi) is 4.74. The van der Waals surface area contributed by atoms with Gasteiger partial charge in [0.25, 0.3) is 0 Å². The molecule has 6 rings (SSSR count). The smallest absolute Gasteiger partial charge is 0.245 e. The van der Waals surface area contributed by atoms with E-state index in [9.17, 15) is 4.79 Å². The van der Waals surface area contributed by atoms with E-state index >= 15 is 0 Å². The molecule has 3 aliphatic rings. The third-order valence-corrected chi connectivity index (χ3v) is 6.88. The van der Waals surface area contributed by atoms with Gasteiger partial charge in [0.2, 0.25) is 17.8 Å². The predicted octanol–water partition coefficient (Wildman–Crippen LogP) is 1.99. The highest BCUT2D eigenvalue weighted by molar-refractivity contribution is 5.85. The maximum atomic E-state index is 13.3. The van der Waals surface area contributed by atoms with Gasteiger partial charge in [-0.1, -0.05) is 0 Å². The first-order valence-electron chi connectivity index (χ1n) is 11.6. The number of piperidine rings is 1. The number of aromatic amines is 1. The fourth-order valence-electron chi connectivity index (χ4n) is 4.85. The summed E-state index contributed by atoms with van der Waals surface area (Å²) >= 11 is 0. The van der Waals surface area contributed by atoms with E-state index in [0.717, 1.165) is 62.5 Å². The van der Waals surface area contributed by atoms with E-state index < -0.39 is 0 Å². The van der Waals surface area contributed by atoms with Crippen molar-refractivity contribution in [2.45, 2.75) is 56.5 Å². The number of nitrogens with one attached hydrogen (secondary N) is 2. The molecule has 3 aromatic rings. The van der Waals surface area contributed by atoms with Crippen LogP contribution in [0.15, 0.2) is 24.4 Å². The lowest BCUT2D eigenvalue weighted by Gasteiger charge is -2.34. The van der Waals surface area contributed by atoms with Crippen LogP contribution < -0.4 is 16.0 Å². The number of hydrogen-bond acceptors (Lipinski definition) is 7. The third kappa shape index (κ3) is 3.58. The second kappa shape index (κ2) is 7.77. The molecule has 3 fully saturated rings. The first-order chi connectivity index (χ1) is 15.7. The molecule has 1 atom stereocenters. The van der Waals surface area contributed by atoms with E-state index in [-0.39, 0.29) is 18.0 Å². The number of rotatable bonds is 5. The lowest BCUT2D eigenvalue weighted by Crippen LogP contribution is -2.50. The molecule has 0 radical (unpaired) electrons. The van der Waals surface area contributed by atoms with Gasteiger partial charge in [0.1, 0.15) is 11.7 Å². The normalized spacial score (nSPS) is 22.1. The summed E-state index contributed by atoms with van der Waals surface area (Å²) in [7, 11) is 0. The van der Waals surface area contributed by atoms with Crippen LogP contribution in [0.5, 0.6) is 0 Å². The van der Waals surface area contributed by atoms with Gasteiger partial charge >= 0.3 is 0 Å². The van der Waals surface area contributed by atoms with Gasteiger partial charge in [0.15, 0.2) is 5.82 Å². The number of aromatic nitrogens is 5. The van der Waals surface area contributed by atoms with Crippen molar-refractivity contribution >= 4 is 29.3 Å². The molecule has 1 amide bonds. The second-order valence-electron chi connectivity index (χ2n) is 9.21. The summed E-state index contributed by atoms with van der Waals surface area (Å²) in [5.41, 5.74) is 7.98. The lowest BCUT2D eigenvalue weighted by molar-refractivity contribution is -0.133. The van der Waals surface area contributed by atoms with E-state index in [1.165, 1.54) is 12.8 Å². The highest BCUT2D eigenvalue weighted by atomic mass is 16.2. The zero-order valence-corrected chi connectivity index (χ0v) is 18.1. The minimum absolute atomic E-state index is 0.171. The van der Waals surface area contributed by atoms with Crippen LogP contribution in [0, 0.1) is 0 Å². The predicted molar refractivity (Wildman–Crippen MR) is 121 cm³/mol. The summed E-state index contributed by atoms with van der Waals surface area (Å²) < 4.78 is 1.91. The number of fused-ring (bicyclic) bond motifs is 1. The van der Waals surface area contributed by atoms with Gasteiger partial charge in [-0.05, 0) is 50.7 Å². The van der Waals surface area contributed by atoms with Gasteiger partial charge < -0.3 is 20.9 Å². The lowest BCUT2D eigenvalue weighted by atomic mass is 10.0. The van der Waals surface area contributed by atoms with Gasteiger partial charge in [-0.2, -0.15) is 15.1 Å². The van der Waals surface area contributed by atoms with Crippen LogP contribution in [0.25, 0.3) is 5.65 Å².